The summed E-state index contributed by atoms with van der Waals surface area (Å²) in [5.41, 5.74) is 0. The standard InChI is InChI=1S/C12H20N2S/c15-12(13-10-5-6-10)14-8-7-9-3-1-2-4-11(9)14/h9-11H,1-8H2,(H,13,15). The number of hydrogen-bond donors (Lipinski definition) is 1. The van der Waals surface area contributed by atoms with Crippen LogP contribution in [-0.2, 0) is 0 Å². The Balaban J connectivity index is 1.62. The highest BCUT2D eigenvalue weighted by atomic mass is 32.1. The molecule has 2 saturated carbocycles. The van der Waals surface area contributed by atoms with E-state index in [-0.39, 0.29) is 0 Å². The van der Waals surface area contributed by atoms with Crippen molar-refractivity contribution in [3.05, 3.63) is 0 Å². The van der Waals surface area contributed by atoms with Crippen LogP contribution in [0.3, 0.4) is 0 Å². The zero-order valence-electron chi connectivity index (χ0n) is 9.24. The Bertz CT molecular complexity index is 262. The molecule has 0 amide bonds. The molecule has 0 radical (unpaired) electrons. The smallest absolute Gasteiger partial charge is 0.169 e. The summed E-state index contributed by atoms with van der Waals surface area (Å²) in [6.07, 6.45) is 9.67. The van der Waals surface area contributed by atoms with Crippen LogP contribution in [0.5, 0.6) is 0 Å². The van der Waals surface area contributed by atoms with Gasteiger partial charge in [-0.1, -0.05) is 12.8 Å². The van der Waals surface area contributed by atoms with Crippen LogP contribution >= 0.6 is 12.2 Å². The van der Waals surface area contributed by atoms with Gasteiger partial charge < -0.3 is 10.2 Å². The van der Waals surface area contributed by atoms with Crippen molar-refractivity contribution in [1.82, 2.24) is 10.2 Å². The summed E-state index contributed by atoms with van der Waals surface area (Å²) in [6.45, 7) is 1.20. The highest BCUT2D eigenvalue weighted by molar-refractivity contribution is 7.80. The number of nitrogens with zero attached hydrogens (tertiary/aromatic N) is 1. The van der Waals surface area contributed by atoms with E-state index in [1.807, 2.05) is 0 Å². The Morgan fingerprint density at radius 2 is 1.87 bits per heavy atom. The van der Waals surface area contributed by atoms with Crippen LogP contribution in [-0.4, -0.2) is 28.6 Å². The molecule has 0 aromatic heterocycles. The van der Waals surface area contributed by atoms with E-state index >= 15 is 0 Å². The number of thiocarbonyl (C=S) groups is 1. The quantitative estimate of drug-likeness (QED) is 0.688. The summed E-state index contributed by atoms with van der Waals surface area (Å²) < 4.78 is 0. The Labute approximate surface area is 97.4 Å². The first kappa shape index (κ1) is 9.88. The van der Waals surface area contributed by atoms with Crippen LogP contribution in [0.4, 0.5) is 0 Å². The third-order valence-electron chi connectivity index (χ3n) is 4.18. The van der Waals surface area contributed by atoms with Crippen molar-refractivity contribution in [2.45, 2.75) is 57.0 Å². The molecule has 15 heavy (non-hydrogen) atoms. The van der Waals surface area contributed by atoms with Crippen LogP contribution < -0.4 is 5.32 Å². The minimum atomic E-state index is 0.708. The average Bonchev–Trinajstić information content (AvgIpc) is 2.96. The zero-order valence-corrected chi connectivity index (χ0v) is 10.1. The molecule has 3 fully saturated rings. The number of rotatable bonds is 1. The van der Waals surface area contributed by atoms with E-state index in [1.54, 1.807) is 0 Å². The van der Waals surface area contributed by atoms with Crippen molar-refractivity contribution in [2.24, 2.45) is 5.92 Å². The fourth-order valence-electron chi connectivity index (χ4n) is 3.14. The molecule has 3 aliphatic rings. The van der Waals surface area contributed by atoms with Gasteiger partial charge in [-0.05, 0) is 50.2 Å². The lowest BCUT2D eigenvalue weighted by Gasteiger charge is -2.33. The van der Waals surface area contributed by atoms with Gasteiger partial charge in [-0.15, -0.1) is 0 Å². The predicted molar refractivity (Wildman–Crippen MR) is 65.8 cm³/mol. The summed E-state index contributed by atoms with van der Waals surface area (Å²) in [7, 11) is 0. The molecular formula is C12H20N2S. The highest BCUT2D eigenvalue weighted by Crippen LogP contribution is 2.36. The second-order valence-corrected chi connectivity index (χ2v) is 5.70. The second kappa shape index (κ2) is 3.93. The lowest BCUT2D eigenvalue weighted by Crippen LogP contribution is -2.45. The van der Waals surface area contributed by atoms with E-state index in [0.29, 0.717) is 6.04 Å². The number of nitrogens with one attached hydrogen (secondary N) is 1. The van der Waals surface area contributed by atoms with Gasteiger partial charge in [-0.3, -0.25) is 0 Å². The molecule has 3 rings (SSSR count). The molecule has 2 aliphatic carbocycles. The molecule has 0 bridgehead atoms. The second-order valence-electron chi connectivity index (χ2n) is 5.32. The fourth-order valence-corrected chi connectivity index (χ4v) is 3.54. The molecule has 1 N–H and O–H groups in total. The van der Waals surface area contributed by atoms with E-state index in [0.717, 1.165) is 17.1 Å². The van der Waals surface area contributed by atoms with Crippen LogP contribution in [0.2, 0.25) is 0 Å². The van der Waals surface area contributed by atoms with Gasteiger partial charge in [0.1, 0.15) is 0 Å². The third kappa shape index (κ3) is 1.99. The van der Waals surface area contributed by atoms with Crippen LogP contribution in [0.1, 0.15) is 44.9 Å². The predicted octanol–water partition coefficient (Wildman–Crippen LogP) is 2.29. The SMILES string of the molecule is S=C(NC1CC1)N1CCC2CCCCC21. The van der Waals surface area contributed by atoms with Crippen molar-refractivity contribution in [1.29, 1.82) is 0 Å². The maximum atomic E-state index is 5.51. The summed E-state index contributed by atoms with van der Waals surface area (Å²) >= 11 is 5.51. The zero-order chi connectivity index (χ0) is 10.3. The third-order valence-corrected chi connectivity index (χ3v) is 4.53. The summed E-state index contributed by atoms with van der Waals surface area (Å²) in [5.74, 6) is 0.942. The Kier molecular flexibility index (Phi) is 2.59. The molecule has 2 nitrogen and oxygen atoms in total. The van der Waals surface area contributed by atoms with E-state index in [1.165, 1.54) is 51.5 Å². The molecule has 84 valence electrons. The summed E-state index contributed by atoms with van der Waals surface area (Å²) in [4.78, 5) is 2.48. The van der Waals surface area contributed by atoms with Crippen molar-refractivity contribution in [3.63, 3.8) is 0 Å². The minimum absolute atomic E-state index is 0.708. The lowest BCUT2D eigenvalue weighted by molar-refractivity contribution is 0.252. The molecule has 0 aromatic carbocycles. The van der Waals surface area contributed by atoms with Crippen LogP contribution in [0.15, 0.2) is 0 Å². The molecule has 2 unspecified atom stereocenters. The van der Waals surface area contributed by atoms with Gasteiger partial charge in [0.25, 0.3) is 0 Å². The fraction of sp³-hybridized carbons (Fsp3) is 0.917. The van der Waals surface area contributed by atoms with Crippen molar-refractivity contribution < 1.29 is 0 Å². The van der Waals surface area contributed by atoms with Gasteiger partial charge in [0.15, 0.2) is 5.11 Å². The van der Waals surface area contributed by atoms with E-state index in [2.05, 4.69) is 10.2 Å². The van der Waals surface area contributed by atoms with Crippen LogP contribution in [0.25, 0.3) is 0 Å². The van der Waals surface area contributed by atoms with E-state index < -0.39 is 0 Å². The lowest BCUT2D eigenvalue weighted by atomic mass is 9.85. The topological polar surface area (TPSA) is 15.3 Å². The first-order chi connectivity index (χ1) is 7.34. The summed E-state index contributed by atoms with van der Waals surface area (Å²) in [6, 6.07) is 1.48. The minimum Gasteiger partial charge on any atom is -0.360 e. The Morgan fingerprint density at radius 3 is 2.67 bits per heavy atom. The Morgan fingerprint density at radius 1 is 1.07 bits per heavy atom. The molecule has 0 aromatic rings. The highest BCUT2D eigenvalue weighted by Gasteiger charge is 2.37. The van der Waals surface area contributed by atoms with Gasteiger partial charge in [0.05, 0.1) is 0 Å². The van der Waals surface area contributed by atoms with Gasteiger partial charge in [-0.2, -0.15) is 0 Å². The van der Waals surface area contributed by atoms with E-state index in [9.17, 15) is 0 Å². The van der Waals surface area contributed by atoms with Gasteiger partial charge in [0, 0.05) is 18.6 Å². The molecule has 0 spiro atoms. The normalized spacial score (nSPS) is 35.1. The monoisotopic (exact) mass is 224 g/mol. The van der Waals surface area contributed by atoms with Gasteiger partial charge >= 0.3 is 0 Å². The summed E-state index contributed by atoms with van der Waals surface area (Å²) in [5, 5.41) is 4.53. The van der Waals surface area contributed by atoms with Crippen molar-refractivity contribution >= 4 is 17.3 Å². The first-order valence-corrected chi connectivity index (χ1v) is 6.82. The first-order valence-electron chi connectivity index (χ1n) is 6.42. The van der Waals surface area contributed by atoms with Crippen LogP contribution in [0, 0.1) is 5.92 Å². The van der Waals surface area contributed by atoms with Gasteiger partial charge in [-0.25, -0.2) is 0 Å². The number of likely N-dealkylation sites (tertiary alicyclic amines) is 1. The maximum absolute atomic E-state index is 5.51. The molecule has 2 atom stereocenters. The Hall–Kier alpha value is -0.310. The average molecular weight is 224 g/mol. The maximum Gasteiger partial charge on any atom is 0.169 e. The molecule has 1 aliphatic heterocycles. The molecule has 1 saturated heterocycles. The van der Waals surface area contributed by atoms with Crippen molar-refractivity contribution in [2.75, 3.05) is 6.54 Å². The largest absolute Gasteiger partial charge is 0.360 e. The molecular weight excluding hydrogens is 204 g/mol. The molecule has 3 heteroatoms. The number of fused-ring (bicyclic) bond motifs is 1. The van der Waals surface area contributed by atoms with E-state index in [4.69, 9.17) is 12.2 Å². The molecule has 1 heterocycles. The van der Waals surface area contributed by atoms with Gasteiger partial charge in [0.2, 0.25) is 0 Å². The van der Waals surface area contributed by atoms with Crippen molar-refractivity contribution in [3.8, 4) is 0 Å². The number of hydrogen-bond acceptors (Lipinski definition) is 1.